The van der Waals surface area contributed by atoms with E-state index in [1.54, 1.807) is 43.4 Å². The van der Waals surface area contributed by atoms with Gasteiger partial charge in [0.05, 0.1) is 38.6 Å². The third kappa shape index (κ3) is 3.81. The van der Waals surface area contributed by atoms with Gasteiger partial charge in [0.15, 0.2) is 0 Å². The number of amides is 2. The van der Waals surface area contributed by atoms with Crippen molar-refractivity contribution in [2.75, 3.05) is 38.1 Å². The van der Waals surface area contributed by atoms with E-state index in [0.29, 0.717) is 28.6 Å². The molecule has 0 aliphatic carbocycles. The van der Waals surface area contributed by atoms with E-state index in [9.17, 15) is 9.59 Å². The van der Waals surface area contributed by atoms with Crippen molar-refractivity contribution in [2.24, 2.45) is 5.92 Å². The fraction of sp³-hybridized carbons (Fsp3) is 0.300. The molecule has 1 saturated heterocycles. The zero-order chi connectivity index (χ0) is 19.4. The number of anilines is 2. The van der Waals surface area contributed by atoms with Gasteiger partial charge in [-0.3, -0.25) is 9.59 Å². The number of carbonyl (C=O) groups excluding carboxylic acids is 2. The van der Waals surface area contributed by atoms with Crippen LogP contribution in [0.1, 0.15) is 6.42 Å². The molecule has 1 N–H and O–H groups in total. The Morgan fingerprint density at radius 2 is 1.78 bits per heavy atom. The first kappa shape index (κ1) is 18.6. The van der Waals surface area contributed by atoms with Crippen molar-refractivity contribution in [3.05, 3.63) is 42.5 Å². The Labute approximate surface area is 157 Å². The molecule has 27 heavy (non-hydrogen) atoms. The highest BCUT2D eigenvalue weighted by atomic mass is 16.5. The summed E-state index contributed by atoms with van der Waals surface area (Å²) in [4.78, 5) is 26.8. The van der Waals surface area contributed by atoms with Crippen LogP contribution in [0.15, 0.2) is 42.5 Å². The van der Waals surface area contributed by atoms with Crippen LogP contribution in [0.3, 0.4) is 0 Å². The first-order chi connectivity index (χ1) is 13.1. The van der Waals surface area contributed by atoms with Gasteiger partial charge in [0.25, 0.3) is 0 Å². The fourth-order valence-corrected chi connectivity index (χ4v) is 3.12. The normalized spacial score (nSPS) is 16.2. The molecule has 0 saturated carbocycles. The minimum atomic E-state index is -0.474. The van der Waals surface area contributed by atoms with E-state index >= 15 is 0 Å². The molecular weight excluding hydrogens is 348 g/mol. The maximum Gasteiger partial charge on any atom is 0.229 e. The van der Waals surface area contributed by atoms with Gasteiger partial charge in [-0.15, -0.1) is 0 Å². The Morgan fingerprint density at radius 3 is 2.48 bits per heavy atom. The molecule has 0 unspecified atom stereocenters. The highest BCUT2D eigenvalue weighted by molar-refractivity contribution is 6.04. The zero-order valence-electron chi connectivity index (χ0n) is 15.5. The monoisotopic (exact) mass is 370 g/mol. The predicted molar refractivity (Wildman–Crippen MR) is 102 cm³/mol. The van der Waals surface area contributed by atoms with E-state index in [0.717, 1.165) is 0 Å². The molecule has 3 rings (SSSR count). The Kier molecular flexibility index (Phi) is 5.49. The van der Waals surface area contributed by atoms with Crippen LogP contribution in [0.2, 0.25) is 0 Å². The van der Waals surface area contributed by atoms with Crippen LogP contribution in [-0.2, 0) is 9.59 Å². The number of ether oxygens (including phenoxy) is 3. The first-order valence-corrected chi connectivity index (χ1v) is 8.53. The lowest BCUT2D eigenvalue weighted by Gasteiger charge is -2.19. The molecule has 1 fully saturated rings. The first-order valence-electron chi connectivity index (χ1n) is 8.53. The van der Waals surface area contributed by atoms with E-state index in [1.165, 1.54) is 7.11 Å². The number of nitrogens with zero attached hydrogens (tertiary/aromatic N) is 1. The number of para-hydroxylation sites is 2. The smallest absolute Gasteiger partial charge is 0.229 e. The molecule has 7 heteroatoms. The Hall–Kier alpha value is -3.22. The second kappa shape index (κ2) is 7.99. The summed E-state index contributed by atoms with van der Waals surface area (Å²) in [6.07, 6.45) is 0.135. The van der Waals surface area contributed by atoms with Gasteiger partial charge in [-0.2, -0.15) is 0 Å². The van der Waals surface area contributed by atoms with Crippen LogP contribution < -0.4 is 24.4 Å². The largest absolute Gasteiger partial charge is 0.497 e. The highest BCUT2D eigenvalue weighted by Crippen LogP contribution is 2.34. The van der Waals surface area contributed by atoms with E-state index < -0.39 is 5.92 Å². The van der Waals surface area contributed by atoms with E-state index in [4.69, 9.17) is 14.2 Å². The van der Waals surface area contributed by atoms with Crippen LogP contribution in [-0.4, -0.2) is 39.7 Å². The van der Waals surface area contributed by atoms with E-state index in [2.05, 4.69) is 5.32 Å². The number of methoxy groups -OCH3 is 3. The Balaban J connectivity index is 1.77. The third-order valence-electron chi connectivity index (χ3n) is 4.54. The summed E-state index contributed by atoms with van der Waals surface area (Å²) >= 11 is 0. The minimum absolute atomic E-state index is 0.114. The maximum atomic E-state index is 12.7. The minimum Gasteiger partial charge on any atom is -0.497 e. The summed E-state index contributed by atoms with van der Waals surface area (Å²) in [5, 5.41) is 2.85. The standard InChI is InChI=1S/C20H22N2O5/c1-25-14-8-9-17(26-2)15(11-14)21-20(24)13-10-19(23)22(12-13)16-6-4-5-7-18(16)27-3/h4-9,11,13H,10,12H2,1-3H3,(H,21,24)/t13-/m1/s1. The van der Waals surface area contributed by atoms with Gasteiger partial charge in [0.2, 0.25) is 11.8 Å². The molecule has 1 heterocycles. The van der Waals surface area contributed by atoms with E-state index in [1.807, 2.05) is 18.2 Å². The van der Waals surface area contributed by atoms with Gasteiger partial charge in [-0.05, 0) is 24.3 Å². The van der Waals surface area contributed by atoms with Crippen molar-refractivity contribution < 1.29 is 23.8 Å². The summed E-state index contributed by atoms with van der Waals surface area (Å²) in [6, 6.07) is 12.4. The van der Waals surface area contributed by atoms with Crippen molar-refractivity contribution in [2.45, 2.75) is 6.42 Å². The highest BCUT2D eigenvalue weighted by Gasteiger charge is 2.36. The van der Waals surface area contributed by atoms with Crippen LogP contribution in [0.5, 0.6) is 17.2 Å². The van der Waals surface area contributed by atoms with Gasteiger partial charge >= 0.3 is 0 Å². The third-order valence-corrected chi connectivity index (χ3v) is 4.54. The second-order valence-corrected chi connectivity index (χ2v) is 6.13. The molecule has 7 nitrogen and oxygen atoms in total. The van der Waals surface area contributed by atoms with Crippen molar-refractivity contribution >= 4 is 23.2 Å². The summed E-state index contributed by atoms with van der Waals surface area (Å²) < 4.78 is 15.8. The van der Waals surface area contributed by atoms with Gasteiger partial charge in [-0.25, -0.2) is 0 Å². The molecule has 1 aliphatic heterocycles. The summed E-state index contributed by atoms with van der Waals surface area (Å²) in [6.45, 7) is 0.289. The quantitative estimate of drug-likeness (QED) is 0.846. The molecule has 2 aromatic carbocycles. The molecule has 1 atom stereocenters. The Morgan fingerprint density at radius 1 is 1.04 bits per heavy atom. The maximum absolute atomic E-state index is 12.7. The molecule has 0 aromatic heterocycles. The zero-order valence-corrected chi connectivity index (χ0v) is 15.5. The van der Waals surface area contributed by atoms with E-state index in [-0.39, 0.29) is 24.8 Å². The number of hydrogen-bond acceptors (Lipinski definition) is 5. The van der Waals surface area contributed by atoms with Gasteiger partial charge in [0, 0.05) is 19.0 Å². The lowest BCUT2D eigenvalue weighted by atomic mass is 10.1. The van der Waals surface area contributed by atoms with Crippen molar-refractivity contribution in [3.63, 3.8) is 0 Å². The number of nitrogens with one attached hydrogen (secondary N) is 1. The molecular formula is C20H22N2O5. The van der Waals surface area contributed by atoms with Crippen molar-refractivity contribution in [1.82, 2.24) is 0 Å². The molecule has 142 valence electrons. The lowest BCUT2D eigenvalue weighted by molar-refractivity contribution is -0.122. The lowest BCUT2D eigenvalue weighted by Crippen LogP contribution is -2.28. The topological polar surface area (TPSA) is 77.1 Å². The number of carbonyl (C=O) groups is 2. The average molecular weight is 370 g/mol. The second-order valence-electron chi connectivity index (χ2n) is 6.13. The van der Waals surface area contributed by atoms with Gasteiger partial charge in [0.1, 0.15) is 17.2 Å². The van der Waals surface area contributed by atoms with Gasteiger partial charge < -0.3 is 24.4 Å². The molecule has 2 amide bonds. The molecule has 1 aliphatic rings. The fourth-order valence-electron chi connectivity index (χ4n) is 3.12. The van der Waals surface area contributed by atoms with Crippen molar-refractivity contribution in [1.29, 1.82) is 0 Å². The van der Waals surface area contributed by atoms with Crippen molar-refractivity contribution in [3.8, 4) is 17.2 Å². The number of rotatable bonds is 6. The summed E-state index contributed by atoms with van der Waals surface area (Å²) in [7, 11) is 4.63. The van der Waals surface area contributed by atoms with Crippen LogP contribution in [0.4, 0.5) is 11.4 Å². The van der Waals surface area contributed by atoms with Gasteiger partial charge in [-0.1, -0.05) is 12.1 Å². The molecule has 0 bridgehead atoms. The van der Waals surface area contributed by atoms with Crippen LogP contribution in [0, 0.1) is 5.92 Å². The summed E-state index contributed by atoms with van der Waals surface area (Å²) in [5.41, 5.74) is 1.17. The number of hydrogen-bond donors (Lipinski definition) is 1. The SMILES string of the molecule is COc1ccc(OC)c(NC(=O)[C@@H]2CC(=O)N(c3ccccc3OC)C2)c1. The predicted octanol–water partition coefficient (Wildman–Crippen LogP) is 2.70. The molecule has 2 aromatic rings. The summed E-state index contributed by atoms with van der Waals surface area (Å²) in [5.74, 6) is 0.892. The molecule has 0 spiro atoms. The van der Waals surface area contributed by atoms with Crippen LogP contribution in [0.25, 0.3) is 0 Å². The Bertz CT molecular complexity index is 852. The average Bonchev–Trinajstić information content (AvgIpc) is 3.09. The van der Waals surface area contributed by atoms with Crippen LogP contribution >= 0.6 is 0 Å². The number of benzene rings is 2. The molecule has 0 radical (unpaired) electrons.